The number of carbonyl (C=O) groups excluding carboxylic acids is 2. The number of carbonyl (C=O) groups is 2. The maximum Gasteiger partial charge on any atom is 0.275 e. The summed E-state index contributed by atoms with van der Waals surface area (Å²) in [5.41, 5.74) is -0.783. The second-order valence-corrected chi connectivity index (χ2v) is 6.18. The van der Waals surface area contributed by atoms with Crippen molar-refractivity contribution < 1.29 is 14.0 Å². The number of H-pyrrole nitrogens is 1. The molecule has 2 amide bonds. The molecule has 0 fully saturated rings. The average Bonchev–Trinajstić information content (AvgIpc) is 2.69. The molecule has 4 rings (SSSR count). The van der Waals surface area contributed by atoms with Crippen LogP contribution in [0, 0.1) is 0 Å². The van der Waals surface area contributed by atoms with Crippen molar-refractivity contribution >= 4 is 39.6 Å². The van der Waals surface area contributed by atoms with Crippen LogP contribution in [-0.2, 0) is 4.79 Å². The lowest BCUT2D eigenvalue weighted by Crippen LogP contribution is -2.39. The van der Waals surface area contributed by atoms with Crippen LogP contribution in [0.1, 0.15) is 17.3 Å². The Bertz CT molecular complexity index is 1350. The van der Waals surface area contributed by atoms with E-state index in [0.717, 1.165) is 4.90 Å². The first-order valence-electron chi connectivity index (χ1n) is 8.46. The number of amides is 2. The molecule has 0 saturated heterocycles. The number of nitrogens with one attached hydrogen (secondary N) is 1. The summed E-state index contributed by atoms with van der Waals surface area (Å²) < 4.78 is 5.60. The Morgan fingerprint density at radius 1 is 0.929 bits per heavy atom. The third-order valence-electron chi connectivity index (χ3n) is 4.35. The molecular formula is C21H14N2O5. The molecule has 0 unspecified atom stereocenters. The molecule has 0 spiro atoms. The molecule has 0 bridgehead atoms. The first kappa shape index (κ1) is 17.4. The molecular weight excluding hydrogens is 360 g/mol. The lowest BCUT2D eigenvalue weighted by atomic mass is 10.1. The molecule has 0 atom stereocenters. The first-order chi connectivity index (χ1) is 13.5. The maximum absolute atomic E-state index is 12.8. The molecule has 1 N–H and O–H groups in total. The molecule has 7 nitrogen and oxygen atoms in total. The fourth-order valence-electron chi connectivity index (χ4n) is 3.05. The van der Waals surface area contributed by atoms with Gasteiger partial charge in [-0.1, -0.05) is 30.3 Å². The smallest absolute Gasteiger partial charge is 0.275 e. The Labute approximate surface area is 157 Å². The molecule has 0 aliphatic carbocycles. The van der Waals surface area contributed by atoms with Crippen LogP contribution in [0.3, 0.4) is 0 Å². The maximum atomic E-state index is 12.8. The Morgan fingerprint density at radius 3 is 2.32 bits per heavy atom. The van der Waals surface area contributed by atoms with Gasteiger partial charge in [-0.3, -0.25) is 24.2 Å². The Kier molecular flexibility index (Phi) is 4.12. The van der Waals surface area contributed by atoms with Crippen molar-refractivity contribution in [1.29, 1.82) is 0 Å². The molecule has 2 heterocycles. The van der Waals surface area contributed by atoms with Crippen molar-refractivity contribution in [2.75, 3.05) is 4.90 Å². The lowest BCUT2D eigenvalue weighted by molar-refractivity contribution is -0.115. The third kappa shape index (κ3) is 2.79. The Hall–Kier alpha value is -4.00. The van der Waals surface area contributed by atoms with E-state index in [0.29, 0.717) is 11.0 Å². The number of fused-ring (bicyclic) bond motifs is 2. The van der Waals surface area contributed by atoms with Crippen LogP contribution in [-0.4, -0.2) is 16.8 Å². The molecule has 7 heteroatoms. The van der Waals surface area contributed by atoms with Crippen molar-refractivity contribution in [1.82, 2.24) is 4.98 Å². The first-order valence-corrected chi connectivity index (χ1v) is 8.46. The predicted octanol–water partition coefficient (Wildman–Crippen LogP) is 2.83. The van der Waals surface area contributed by atoms with E-state index in [2.05, 4.69) is 4.98 Å². The minimum atomic E-state index is -0.717. The molecule has 2 aromatic heterocycles. The van der Waals surface area contributed by atoms with E-state index in [4.69, 9.17) is 4.42 Å². The zero-order valence-corrected chi connectivity index (χ0v) is 14.8. The van der Waals surface area contributed by atoms with Crippen LogP contribution in [0.15, 0.2) is 74.7 Å². The number of nitrogens with zero attached hydrogens (tertiary/aromatic N) is 1. The SMILES string of the molecule is CC(=O)N(C(=O)c1ccccc1)c1cc2c(=O)c3ccccc3oc2[nH]c1=O. The molecule has 0 aliphatic heterocycles. The van der Waals surface area contributed by atoms with Gasteiger partial charge in [0.25, 0.3) is 11.5 Å². The van der Waals surface area contributed by atoms with Gasteiger partial charge in [-0.15, -0.1) is 0 Å². The highest BCUT2D eigenvalue weighted by Gasteiger charge is 2.25. The van der Waals surface area contributed by atoms with Crippen molar-refractivity contribution in [2.24, 2.45) is 0 Å². The molecule has 138 valence electrons. The second kappa shape index (κ2) is 6.62. The molecule has 0 radical (unpaired) electrons. The van der Waals surface area contributed by atoms with Crippen LogP contribution < -0.4 is 15.9 Å². The van der Waals surface area contributed by atoms with Gasteiger partial charge in [0.15, 0.2) is 0 Å². The zero-order chi connectivity index (χ0) is 19.8. The van der Waals surface area contributed by atoms with E-state index in [1.165, 1.54) is 25.1 Å². The summed E-state index contributed by atoms with van der Waals surface area (Å²) in [5, 5.41) is 0.400. The fourth-order valence-corrected chi connectivity index (χ4v) is 3.05. The van der Waals surface area contributed by atoms with Crippen LogP contribution in [0.4, 0.5) is 5.69 Å². The van der Waals surface area contributed by atoms with Crippen molar-refractivity contribution in [3.8, 4) is 0 Å². The highest BCUT2D eigenvalue weighted by atomic mass is 16.3. The zero-order valence-electron chi connectivity index (χ0n) is 14.8. The highest BCUT2D eigenvalue weighted by molar-refractivity contribution is 6.20. The van der Waals surface area contributed by atoms with Gasteiger partial charge in [-0.25, -0.2) is 4.90 Å². The number of hydrogen-bond donors (Lipinski definition) is 1. The van der Waals surface area contributed by atoms with Gasteiger partial charge in [0.05, 0.1) is 10.8 Å². The van der Waals surface area contributed by atoms with E-state index in [-0.39, 0.29) is 27.8 Å². The Balaban J connectivity index is 1.97. The predicted molar refractivity (Wildman–Crippen MR) is 105 cm³/mol. The number of aromatic amines is 1. The van der Waals surface area contributed by atoms with Crippen LogP contribution >= 0.6 is 0 Å². The quantitative estimate of drug-likeness (QED) is 0.544. The van der Waals surface area contributed by atoms with Crippen LogP contribution in [0.25, 0.3) is 22.1 Å². The van der Waals surface area contributed by atoms with E-state index in [9.17, 15) is 19.2 Å². The summed E-state index contributed by atoms with van der Waals surface area (Å²) in [6.45, 7) is 1.17. The largest absolute Gasteiger partial charge is 0.439 e. The molecule has 0 saturated carbocycles. The van der Waals surface area contributed by atoms with Gasteiger partial charge < -0.3 is 4.42 Å². The number of pyridine rings is 1. The number of rotatable bonds is 2. The van der Waals surface area contributed by atoms with Crippen LogP contribution in [0.2, 0.25) is 0 Å². The van der Waals surface area contributed by atoms with Gasteiger partial charge in [0, 0.05) is 12.5 Å². The van der Waals surface area contributed by atoms with Gasteiger partial charge >= 0.3 is 0 Å². The van der Waals surface area contributed by atoms with Crippen molar-refractivity contribution in [3.63, 3.8) is 0 Å². The van der Waals surface area contributed by atoms with Gasteiger partial charge in [0.1, 0.15) is 11.3 Å². The molecule has 28 heavy (non-hydrogen) atoms. The van der Waals surface area contributed by atoms with E-state index in [1.807, 2.05) is 0 Å². The summed E-state index contributed by atoms with van der Waals surface area (Å²) >= 11 is 0. The molecule has 4 aromatic rings. The minimum Gasteiger partial charge on any atom is -0.439 e. The molecule has 2 aromatic carbocycles. The fraction of sp³-hybridized carbons (Fsp3) is 0.0476. The molecule has 0 aliphatic rings. The standard InChI is InChI=1S/C21H14N2O5/c1-12(24)23(21(27)13-7-3-2-4-8-13)16-11-15-18(25)14-9-5-6-10-17(14)28-20(15)22-19(16)26/h2-11H,1H3,(H,22,26). The monoisotopic (exact) mass is 374 g/mol. The minimum absolute atomic E-state index is 0.0203. The number of para-hydroxylation sites is 1. The average molecular weight is 374 g/mol. The number of anilines is 1. The lowest BCUT2D eigenvalue weighted by Gasteiger charge is -2.18. The number of hydrogen-bond acceptors (Lipinski definition) is 5. The van der Waals surface area contributed by atoms with Crippen LogP contribution in [0.5, 0.6) is 0 Å². The summed E-state index contributed by atoms with van der Waals surface area (Å²) in [7, 11) is 0. The Morgan fingerprint density at radius 2 is 1.61 bits per heavy atom. The number of aromatic nitrogens is 1. The van der Waals surface area contributed by atoms with Crippen molar-refractivity contribution in [3.05, 3.63) is 86.8 Å². The van der Waals surface area contributed by atoms with E-state index >= 15 is 0 Å². The van der Waals surface area contributed by atoms with Gasteiger partial charge in [-0.2, -0.15) is 0 Å². The number of imide groups is 1. The third-order valence-corrected chi connectivity index (χ3v) is 4.35. The van der Waals surface area contributed by atoms with Crippen molar-refractivity contribution in [2.45, 2.75) is 6.92 Å². The van der Waals surface area contributed by atoms with Gasteiger partial charge in [0.2, 0.25) is 17.0 Å². The summed E-state index contributed by atoms with van der Waals surface area (Å²) in [6.07, 6.45) is 0. The normalized spacial score (nSPS) is 10.9. The van der Waals surface area contributed by atoms with Gasteiger partial charge in [-0.05, 0) is 30.3 Å². The summed E-state index contributed by atoms with van der Waals surface area (Å²) in [4.78, 5) is 53.6. The van der Waals surface area contributed by atoms with E-state index in [1.54, 1.807) is 42.5 Å². The second-order valence-electron chi connectivity index (χ2n) is 6.18. The topological polar surface area (TPSA) is 100 Å². The summed E-state index contributed by atoms with van der Waals surface area (Å²) in [6, 6.07) is 15.9. The summed E-state index contributed by atoms with van der Waals surface area (Å²) in [5.74, 6) is -1.31. The van der Waals surface area contributed by atoms with E-state index < -0.39 is 17.4 Å². The number of benzene rings is 2. The highest BCUT2D eigenvalue weighted by Crippen LogP contribution is 2.20.